The monoisotopic (exact) mass is 344 g/mol. The molecule has 2 N–H and O–H groups in total. The second-order valence-electron chi connectivity index (χ2n) is 7.67. The third-order valence-corrected chi connectivity index (χ3v) is 5.19. The average Bonchev–Trinajstić information content (AvgIpc) is 3.40. The van der Waals surface area contributed by atoms with Gasteiger partial charge in [-0.25, -0.2) is 0 Å². The molecule has 1 atom stereocenters. The summed E-state index contributed by atoms with van der Waals surface area (Å²) in [6.45, 7) is 2.48. The van der Waals surface area contributed by atoms with E-state index in [2.05, 4.69) is 35.6 Å². The van der Waals surface area contributed by atoms with Gasteiger partial charge in [0.05, 0.1) is 7.05 Å². The topological polar surface area (TPSA) is 53.9 Å². The summed E-state index contributed by atoms with van der Waals surface area (Å²) in [7, 11) is 1.92. The molecule has 1 aliphatic heterocycles. The zero-order chi connectivity index (χ0) is 17.6. The van der Waals surface area contributed by atoms with Gasteiger partial charge in [-0.2, -0.15) is 0 Å². The molecule has 1 saturated heterocycles. The van der Waals surface area contributed by atoms with E-state index < -0.39 is 0 Å². The molecule has 1 saturated carbocycles. The van der Waals surface area contributed by atoms with E-state index in [0.717, 1.165) is 50.1 Å². The third-order valence-electron chi connectivity index (χ3n) is 5.19. The second kappa shape index (κ2) is 8.48. The van der Waals surface area contributed by atoms with Crippen molar-refractivity contribution in [3.63, 3.8) is 0 Å². The highest BCUT2D eigenvalue weighted by Gasteiger charge is 2.27. The molecular formula is C20H30N3O2+. The van der Waals surface area contributed by atoms with Crippen LogP contribution in [0.4, 0.5) is 0 Å². The van der Waals surface area contributed by atoms with Gasteiger partial charge in [-0.1, -0.05) is 30.3 Å². The first kappa shape index (κ1) is 17.9. The van der Waals surface area contributed by atoms with Crippen LogP contribution in [-0.4, -0.2) is 56.0 Å². The molecule has 5 nitrogen and oxygen atoms in total. The molecule has 3 rings (SSSR count). The van der Waals surface area contributed by atoms with Crippen LogP contribution in [-0.2, 0) is 16.0 Å². The van der Waals surface area contributed by atoms with E-state index in [-0.39, 0.29) is 11.8 Å². The molecule has 0 aromatic heterocycles. The van der Waals surface area contributed by atoms with Gasteiger partial charge in [-0.05, 0) is 43.6 Å². The summed E-state index contributed by atoms with van der Waals surface area (Å²) in [5.74, 6) is 0.907. The highest BCUT2D eigenvalue weighted by atomic mass is 16.2. The van der Waals surface area contributed by atoms with E-state index in [1.165, 1.54) is 5.56 Å². The maximum Gasteiger partial charge on any atom is 0.277 e. The predicted molar refractivity (Wildman–Crippen MR) is 97.2 cm³/mol. The van der Waals surface area contributed by atoms with Crippen LogP contribution in [0.3, 0.4) is 0 Å². The van der Waals surface area contributed by atoms with Gasteiger partial charge in [-0.15, -0.1) is 0 Å². The quantitative estimate of drug-likeness (QED) is 0.746. The second-order valence-corrected chi connectivity index (χ2v) is 7.67. The highest BCUT2D eigenvalue weighted by Crippen LogP contribution is 2.21. The highest BCUT2D eigenvalue weighted by molar-refractivity contribution is 5.79. The minimum atomic E-state index is 0.0642. The Morgan fingerprint density at radius 3 is 2.40 bits per heavy atom. The zero-order valence-corrected chi connectivity index (χ0v) is 15.2. The standard InChI is InChI=1S/C20H29N3O2/c1-22(14-19(24)21-18-7-8-18)15-20(25)23-11-9-17(10-12-23)13-16-5-3-2-4-6-16/h2-6,17-18H,7-15H2,1H3,(H,21,24)/p+1. The van der Waals surface area contributed by atoms with Gasteiger partial charge in [0.15, 0.2) is 13.1 Å². The molecule has 1 aliphatic carbocycles. The fraction of sp³-hybridized carbons (Fsp3) is 0.600. The number of likely N-dealkylation sites (N-methyl/N-ethyl adjacent to an activating group) is 1. The third kappa shape index (κ3) is 5.85. The van der Waals surface area contributed by atoms with E-state index in [0.29, 0.717) is 25.0 Å². The van der Waals surface area contributed by atoms with Crippen LogP contribution in [0.2, 0.25) is 0 Å². The summed E-state index contributed by atoms with van der Waals surface area (Å²) in [5.41, 5.74) is 1.39. The van der Waals surface area contributed by atoms with Crippen molar-refractivity contribution in [2.45, 2.75) is 38.1 Å². The Morgan fingerprint density at radius 2 is 1.76 bits per heavy atom. The molecule has 2 amide bonds. The van der Waals surface area contributed by atoms with E-state index in [4.69, 9.17) is 0 Å². The number of benzene rings is 1. The summed E-state index contributed by atoms with van der Waals surface area (Å²) < 4.78 is 0. The van der Waals surface area contributed by atoms with Crippen molar-refractivity contribution in [1.29, 1.82) is 0 Å². The van der Waals surface area contributed by atoms with Gasteiger partial charge in [0.25, 0.3) is 11.8 Å². The Labute approximate surface area is 150 Å². The number of carbonyl (C=O) groups is 2. The van der Waals surface area contributed by atoms with Gasteiger partial charge in [-0.3, -0.25) is 9.59 Å². The van der Waals surface area contributed by atoms with Gasteiger partial charge >= 0.3 is 0 Å². The predicted octanol–water partition coefficient (Wildman–Crippen LogP) is 0.261. The number of carbonyl (C=O) groups excluding carboxylic acids is 2. The molecule has 0 radical (unpaired) electrons. The number of nitrogens with zero attached hydrogens (tertiary/aromatic N) is 1. The van der Waals surface area contributed by atoms with Crippen LogP contribution in [0.1, 0.15) is 31.2 Å². The number of hydrogen-bond donors (Lipinski definition) is 2. The summed E-state index contributed by atoms with van der Waals surface area (Å²) >= 11 is 0. The number of nitrogens with one attached hydrogen (secondary N) is 2. The maximum absolute atomic E-state index is 12.5. The van der Waals surface area contributed by atoms with Crippen molar-refractivity contribution >= 4 is 11.8 Å². The largest absolute Gasteiger partial charge is 0.348 e. The first-order valence-electron chi connectivity index (χ1n) is 9.52. The number of piperidine rings is 1. The van der Waals surface area contributed by atoms with E-state index in [1.54, 1.807) is 0 Å². The average molecular weight is 344 g/mol. The number of quaternary nitrogens is 1. The lowest BCUT2D eigenvalue weighted by molar-refractivity contribution is -0.863. The van der Waals surface area contributed by atoms with Crippen LogP contribution in [0.5, 0.6) is 0 Å². The molecule has 1 aromatic rings. The summed E-state index contributed by atoms with van der Waals surface area (Å²) in [5, 5.41) is 2.98. The normalized spacial score (nSPS) is 19.5. The Hall–Kier alpha value is -1.88. The zero-order valence-electron chi connectivity index (χ0n) is 15.2. The van der Waals surface area contributed by atoms with Crippen molar-refractivity contribution in [1.82, 2.24) is 10.2 Å². The SMILES string of the molecule is C[NH+](CC(=O)NC1CC1)CC(=O)N1CCC(Cc2ccccc2)CC1. The Kier molecular flexibility index (Phi) is 6.08. The van der Waals surface area contributed by atoms with Gasteiger partial charge in [0, 0.05) is 19.1 Å². The van der Waals surface area contributed by atoms with Crippen molar-refractivity contribution in [2.75, 3.05) is 33.2 Å². The van der Waals surface area contributed by atoms with Crippen molar-refractivity contribution < 1.29 is 14.5 Å². The minimum Gasteiger partial charge on any atom is -0.348 e. The molecule has 1 heterocycles. The minimum absolute atomic E-state index is 0.0642. The number of likely N-dealkylation sites (tertiary alicyclic amines) is 1. The van der Waals surface area contributed by atoms with Crippen molar-refractivity contribution in [3.8, 4) is 0 Å². The number of amides is 2. The lowest BCUT2D eigenvalue weighted by Crippen LogP contribution is -3.11. The molecule has 1 aromatic carbocycles. The molecule has 2 fully saturated rings. The lowest BCUT2D eigenvalue weighted by Gasteiger charge is -2.32. The maximum atomic E-state index is 12.5. The molecule has 25 heavy (non-hydrogen) atoms. The van der Waals surface area contributed by atoms with Crippen LogP contribution in [0, 0.1) is 5.92 Å². The molecule has 0 bridgehead atoms. The van der Waals surface area contributed by atoms with E-state index in [9.17, 15) is 9.59 Å². The van der Waals surface area contributed by atoms with Gasteiger partial charge in [0.2, 0.25) is 0 Å². The van der Waals surface area contributed by atoms with Crippen LogP contribution in [0.25, 0.3) is 0 Å². The van der Waals surface area contributed by atoms with Crippen LogP contribution >= 0.6 is 0 Å². The van der Waals surface area contributed by atoms with Gasteiger partial charge < -0.3 is 15.1 Å². The number of rotatable bonds is 7. The van der Waals surface area contributed by atoms with Crippen LogP contribution < -0.4 is 10.2 Å². The molecule has 136 valence electrons. The first-order chi connectivity index (χ1) is 12.1. The molecule has 2 aliphatic rings. The van der Waals surface area contributed by atoms with Crippen LogP contribution in [0.15, 0.2) is 30.3 Å². The molecular weight excluding hydrogens is 314 g/mol. The summed E-state index contributed by atoms with van der Waals surface area (Å²) in [6.07, 6.45) is 5.45. The molecule has 1 unspecified atom stereocenters. The van der Waals surface area contributed by atoms with Gasteiger partial charge in [0.1, 0.15) is 0 Å². The Morgan fingerprint density at radius 1 is 1.08 bits per heavy atom. The smallest absolute Gasteiger partial charge is 0.277 e. The fourth-order valence-electron chi connectivity index (χ4n) is 3.55. The lowest BCUT2D eigenvalue weighted by atomic mass is 9.90. The van der Waals surface area contributed by atoms with Crippen molar-refractivity contribution in [2.24, 2.45) is 5.92 Å². The number of hydrogen-bond acceptors (Lipinski definition) is 2. The molecule has 5 heteroatoms. The Balaban J connectivity index is 1.36. The van der Waals surface area contributed by atoms with E-state index in [1.807, 2.05) is 11.9 Å². The van der Waals surface area contributed by atoms with Crippen molar-refractivity contribution in [3.05, 3.63) is 35.9 Å². The summed E-state index contributed by atoms with van der Waals surface area (Å²) in [6, 6.07) is 11.0. The molecule has 0 spiro atoms. The summed E-state index contributed by atoms with van der Waals surface area (Å²) in [4.78, 5) is 27.2. The Bertz CT molecular complexity index is 578. The van der Waals surface area contributed by atoms with E-state index >= 15 is 0 Å². The fourth-order valence-corrected chi connectivity index (χ4v) is 3.55. The first-order valence-corrected chi connectivity index (χ1v) is 9.52.